The fourth-order valence-electron chi connectivity index (χ4n) is 10.5. The Kier molecular flexibility index (Phi) is 8.25. The van der Waals surface area contributed by atoms with Gasteiger partial charge in [-0.2, -0.15) is 0 Å². The molecular weight excluding hydrogens is 761 g/mol. The monoisotopic (exact) mass is 802 g/mol. The van der Waals surface area contributed by atoms with Gasteiger partial charge in [-0.25, -0.2) is 0 Å². The maximum atomic E-state index is 4.18. The molecule has 296 valence electrons. The van der Waals surface area contributed by atoms with E-state index in [0.29, 0.717) is 0 Å². The van der Waals surface area contributed by atoms with Gasteiger partial charge < -0.3 is 9.13 Å². The highest BCUT2D eigenvalue weighted by Gasteiger charge is 2.23. The first kappa shape index (κ1) is 36.6. The lowest BCUT2D eigenvalue weighted by Gasteiger charge is -2.14. The Morgan fingerprint density at radius 3 is 1.95 bits per heavy atom. The molecule has 9 aromatic carbocycles. The molecule has 63 heavy (non-hydrogen) atoms. The SMILES string of the molecule is C=CC1=C(C=C)c2ccc(-c3ccc4cc(-n5c6cc(-c7ccc8c(c7)c7ccccc7n8/C(C=C)=C/C=C\C)ccc6c6ccc7ccccc7c65)ccc4c3)c3cccc1c23. The summed E-state index contributed by atoms with van der Waals surface area (Å²) in [6, 6.07) is 60.8. The van der Waals surface area contributed by atoms with Crippen LogP contribution in [0.4, 0.5) is 0 Å². The molecule has 2 heterocycles. The number of aromatic nitrogens is 2. The molecule has 0 fully saturated rings. The number of fused-ring (bicyclic) bond motifs is 9. The maximum Gasteiger partial charge on any atom is 0.0619 e. The number of benzene rings is 9. The van der Waals surface area contributed by atoms with E-state index in [1.165, 1.54) is 98.3 Å². The van der Waals surface area contributed by atoms with Crippen LogP contribution in [0.25, 0.3) is 121 Å². The van der Waals surface area contributed by atoms with E-state index in [-0.39, 0.29) is 0 Å². The zero-order valence-electron chi connectivity index (χ0n) is 35.1. The van der Waals surface area contributed by atoms with Gasteiger partial charge in [-0.1, -0.05) is 165 Å². The fourth-order valence-corrected chi connectivity index (χ4v) is 10.5. The summed E-state index contributed by atoms with van der Waals surface area (Å²) in [5.74, 6) is 0. The van der Waals surface area contributed by atoms with Crippen LogP contribution in [0.3, 0.4) is 0 Å². The van der Waals surface area contributed by atoms with Gasteiger partial charge in [-0.3, -0.25) is 0 Å². The number of hydrogen-bond acceptors (Lipinski definition) is 0. The van der Waals surface area contributed by atoms with Gasteiger partial charge in [0.15, 0.2) is 0 Å². The smallest absolute Gasteiger partial charge is 0.0619 e. The van der Waals surface area contributed by atoms with Crippen molar-refractivity contribution in [3.05, 3.63) is 231 Å². The van der Waals surface area contributed by atoms with Gasteiger partial charge in [0.2, 0.25) is 0 Å². The number of hydrogen-bond donors (Lipinski definition) is 0. The lowest BCUT2D eigenvalue weighted by atomic mass is 9.92. The summed E-state index contributed by atoms with van der Waals surface area (Å²) in [7, 11) is 0. The molecule has 0 amide bonds. The van der Waals surface area contributed by atoms with Crippen molar-refractivity contribution in [3.63, 3.8) is 0 Å². The standard InChI is InChI=1S/C61H42N2/c1-5-9-16-44(6-2)62-57-21-13-12-18-50(57)56-36-41(27-33-58(56)62)42-26-29-51-55-30-25-38-15-10-11-17-49(38)61(55)63(59(51)37-42)45-28-24-39-34-43(23-22-40(39)35-45)48-31-32-54-47(8-4)46(7-3)52-19-14-20-53(48)60(52)54/h5-37H,2-4H2,1H3/b9-5-,44-16+. The highest BCUT2D eigenvalue weighted by Crippen LogP contribution is 2.46. The Hall–Kier alpha value is -8.20. The third-order valence-electron chi connectivity index (χ3n) is 13.3. The molecule has 0 atom stereocenters. The Morgan fingerprint density at radius 1 is 0.460 bits per heavy atom. The summed E-state index contributed by atoms with van der Waals surface area (Å²) in [5, 5.41) is 12.3. The first-order chi connectivity index (χ1) is 31.1. The largest absolute Gasteiger partial charge is 0.309 e. The van der Waals surface area contributed by atoms with E-state index in [2.05, 4.69) is 205 Å². The second-order valence-electron chi connectivity index (χ2n) is 16.5. The van der Waals surface area contributed by atoms with Crippen LogP contribution < -0.4 is 0 Å². The predicted octanol–water partition coefficient (Wildman–Crippen LogP) is 16.9. The van der Waals surface area contributed by atoms with Crippen LogP contribution in [0.1, 0.15) is 18.1 Å². The molecule has 2 aromatic heterocycles. The lowest BCUT2D eigenvalue weighted by Crippen LogP contribution is -1.95. The third kappa shape index (κ3) is 5.38. The van der Waals surface area contributed by atoms with E-state index in [4.69, 9.17) is 0 Å². The summed E-state index contributed by atoms with van der Waals surface area (Å²) in [4.78, 5) is 0. The van der Waals surface area contributed by atoms with E-state index >= 15 is 0 Å². The minimum absolute atomic E-state index is 1.04. The molecule has 1 aliphatic carbocycles. The van der Waals surface area contributed by atoms with Crippen molar-refractivity contribution < 1.29 is 0 Å². The Labute approximate surface area is 366 Å². The van der Waals surface area contributed by atoms with Crippen molar-refractivity contribution in [1.82, 2.24) is 9.13 Å². The predicted molar refractivity (Wildman–Crippen MR) is 274 cm³/mol. The molecular formula is C61H42N2. The zero-order valence-corrected chi connectivity index (χ0v) is 35.1. The first-order valence-corrected chi connectivity index (χ1v) is 21.6. The lowest BCUT2D eigenvalue weighted by molar-refractivity contribution is 1.19. The van der Waals surface area contributed by atoms with Crippen molar-refractivity contribution in [2.45, 2.75) is 6.92 Å². The van der Waals surface area contributed by atoms with Crippen molar-refractivity contribution >= 4 is 92.8 Å². The van der Waals surface area contributed by atoms with Gasteiger partial charge in [0.25, 0.3) is 0 Å². The molecule has 0 N–H and O–H groups in total. The molecule has 0 aliphatic heterocycles. The van der Waals surface area contributed by atoms with Gasteiger partial charge in [-0.15, -0.1) is 0 Å². The summed E-state index contributed by atoms with van der Waals surface area (Å²) in [5.41, 5.74) is 16.4. The average molecular weight is 803 g/mol. The minimum Gasteiger partial charge on any atom is -0.309 e. The van der Waals surface area contributed by atoms with E-state index in [0.717, 1.165) is 33.6 Å². The third-order valence-corrected chi connectivity index (χ3v) is 13.3. The van der Waals surface area contributed by atoms with Crippen LogP contribution in [-0.2, 0) is 0 Å². The van der Waals surface area contributed by atoms with E-state index in [1.807, 2.05) is 31.2 Å². The van der Waals surface area contributed by atoms with E-state index in [1.54, 1.807) is 0 Å². The number of allylic oxidation sites excluding steroid dienone is 9. The van der Waals surface area contributed by atoms with Crippen molar-refractivity contribution in [3.8, 4) is 27.9 Å². The van der Waals surface area contributed by atoms with Gasteiger partial charge in [0.05, 0.1) is 22.1 Å². The van der Waals surface area contributed by atoms with Crippen LogP contribution >= 0.6 is 0 Å². The number of rotatable bonds is 8. The molecule has 2 nitrogen and oxygen atoms in total. The Balaban J connectivity index is 1.03. The Morgan fingerprint density at radius 2 is 1.11 bits per heavy atom. The second-order valence-corrected chi connectivity index (χ2v) is 16.5. The molecule has 0 saturated heterocycles. The normalized spacial score (nSPS) is 13.0. The van der Waals surface area contributed by atoms with Crippen LogP contribution in [0, 0.1) is 0 Å². The van der Waals surface area contributed by atoms with Crippen LogP contribution in [0.5, 0.6) is 0 Å². The number of para-hydroxylation sites is 1. The summed E-state index contributed by atoms with van der Waals surface area (Å²) in [6.45, 7) is 14.5. The van der Waals surface area contributed by atoms with Crippen molar-refractivity contribution in [2.24, 2.45) is 0 Å². The molecule has 1 aliphatic rings. The quantitative estimate of drug-likeness (QED) is 0.135. The van der Waals surface area contributed by atoms with Crippen LogP contribution in [-0.4, -0.2) is 9.13 Å². The fraction of sp³-hybridized carbons (Fsp3) is 0.0164. The molecule has 0 radical (unpaired) electrons. The summed E-state index contributed by atoms with van der Waals surface area (Å²) < 4.78 is 4.80. The highest BCUT2D eigenvalue weighted by atomic mass is 15.0. The van der Waals surface area contributed by atoms with E-state index in [9.17, 15) is 0 Å². The van der Waals surface area contributed by atoms with Gasteiger partial charge in [0.1, 0.15) is 0 Å². The van der Waals surface area contributed by atoms with Gasteiger partial charge in [0, 0.05) is 38.3 Å². The van der Waals surface area contributed by atoms with Crippen molar-refractivity contribution in [1.29, 1.82) is 0 Å². The summed E-state index contributed by atoms with van der Waals surface area (Å²) >= 11 is 0. The second kappa shape index (κ2) is 14.2. The summed E-state index contributed by atoms with van der Waals surface area (Å²) in [6.07, 6.45) is 12.1. The molecule has 0 bridgehead atoms. The van der Waals surface area contributed by atoms with Gasteiger partial charge in [-0.05, 0) is 133 Å². The molecule has 11 aromatic rings. The Bertz CT molecular complexity index is 3890. The minimum atomic E-state index is 1.04. The zero-order chi connectivity index (χ0) is 42.3. The van der Waals surface area contributed by atoms with Crippen LogP contribution in [0.2, 0.25) is 0 Å². The van der Waals surface area contributed by atoms with E-state index < -0.39 is 0 Å². The highest BCUT2D eigenvalue weighted by molar-refractivity contribution is 6.21. The molecule has 0 spiro atoms. The number of nitrogens with zero attached hydrogens (tertiary/aromatic N) is 2. The molecule has 0 saturated carbocycles. The average Bonchev–Trinajstić information content (AvgIpc) is 3.97. The molecule has 2 heteroatoms. The topological polar surface area (TPSA) is 9.86 Å². The van der Waals surface area contributed by atoms with Gasteiger partial charge >= 0.3 is 0 Å². The maximum absolute atomic E-state index is 4.18. The molecule has 0 unspecified atom stereocenters. The molecule has 12 rings (SSSR count). The van der Waals surface area contributed by atoms with Crippen molar-refractivity contribution in [2.75, 3.05) is 0 Å². The van der Waals surface area contributed by atoms with Crippen LogP contribution in [0.15, 0.2) is 220 Å². The first-order valence-electron chi connectivity index (χ1n) is 21.6.